The lowest BCUT2D eigenvalue weighted by Crippen LogP contribution is -2.12. The Balaban J connectivity index is 2.35. The van der Waals surface area contributed by atoms with Crippen LogP contribution in [0.15, 0.2) is 53.4 Å². The summed E-state index contributed by atoms with van der Waals surface area (Å²) in [6.45, 7) is 0. The average Bonchev–Trinajstić information content (AvgIpc) is 2.53. The predicted molar refractivity (Wildman–Crippen MR) is 82.6 cm³/mol. The summed E-state index contributed by atoms with van der Waals surface area (Å²) in [5.74, 6) is -3.00. The van der Waals surface area contributed by atoms with Crippen molar-refractivity contribution in [3.63, 3.8) is 0 Å². The standard InChI is InChI=1S/C16H14O6S/c17-15(18)12-8-13(16(19)20)10-14(9-12)23(21,22)7-6-11-4-2-1-3-5-11/h1-5,8-10H,6-7H2,(H,17,18)(H,19,20). The number of carbonyl (C=O) groups is 2. The van der Waals surface area contributed by atoms with E-state index in [2.05, 4.69) is 0 Å². The van der Waals surface area contributed by atoms with E-state index >= 15 is 0 Å². The zero-order valence-corrected chi connectivity index (χ0v) is 12.8. The first-order chi connectivity index (χ1) is 10.8. The molecule has 0 aromatic heterocycles. The third kappa shape index (κ3) is 4.17. The minimum atomic E-state index is -3.80. The first kappa shape index (κ1) is 16.7. The van der Waals surface area contributed by atoms with E-state index in [9.17, 15) is 18.0 Å². The number of aromatic carboxylic acids is 2. The summed E-state index contributed by atoms with van der Waals surface area (Å²) in [5, 5.41) is 18.0. The van der Waals surface area contributed by atoms with Crippen LogP contribution < -0.4 is 0 Å². The van der Waals surface area contributed by atoms with Crippen LogP contribution in [0.3, 0.4) is 0 Å². The topological polar surface area (TPSA) is 109 Å². The van der Waals surface area contributed by atoms with Crippen LogP contribution >= 0.6 is 0 Å². The molecule has 0 saturated heterocycles. The van der Waals surface area contributed by atoms with Crippen LogP contribution in [-0.4, -0.2) is 36.3 Å². The number of carboxylic acid groups (broad SMARTS) is 2. The average molecular weight is 334 g/mol. The van der Waals surface area contributed by atoms with Gasteiger partial charge in [0.15, 0.2) is 9.84 Å². The fraction of sp³-hybridized carbons (Fsp3) is 0.125. The smallest absolute Gasteiger partial charge is 0.335 e. The normalized spacial score (nSPS) is 11.1. The summed E-state index contributed by atoms with van der Waals surface area (Å²) in [5.41, 5.74) is 0.0790. The molecule has 0 radical (unpaired) electrons. The Hall–Kier alpha value is -2.67. The van der Waals surface area contributed by atoms with Crippen LogP contribution in [0.1, 0.15) is 26.3 Å². The van der Waals surface area contributed by atoms with Gasteiger partial charge in [0, 0.05) is 0 Å². The third-order valence-corrected chi connectivity index (χ3v) is 4.96. The molecule has 0 fully saturated rings. The second-order valence-electron chi connectivity index (χ2n) is 4.91. The summed E-state index contributed by atoms with van der Waals surface area (Å²) in [7, 11) is -3.80. The number of aryl methyl sites for hydroxylation is 1. The molecule has 120 valence electrons. The van der Waals surface area contributed by atoms with Crippen LogP contribution in [0.2, 0.25) is 0 Å². The van der Waals surface area contributed by atoms with Gasteiger partial charge >= 0.3 is 11.9 Å². The number of hydrogen-bond donors (Lipinski definition) is 2. The highest BCUT2D eigenvalue weighted by molar-refractivity contribution is 7.91. The highest BCUT2D eigenvalue weighted by atomic mass is 32.2. The molecule has 2 aromatic rings. The van der Waals surface area contributed by atoms with Gasteiger partial charge in [-0.3, -0.25) is 0 Å². The first-order valence-electron chi connectivity index (χ1n) is 6.68. The molecule has 0 heterocycles. The number of sulfone groups is 1. The molecule has 0 spiro atoms. The molecular formula is C16H14O6S. The summed E-state index contributed by atoms with van der Waals surface area (Å²) in [4.78, 5) is 21.8. The minimum absolute atomic E-state index is 0.237. The maximum absolute atomic E-state index is 12.4. The van der Waals surface area contributed by atoms with Crippen molar-refractivity contribution >= 4 is 21.8 Å². The Morgan fingerprint density at radius 1 is 0.870 bits per heavy atom. The third-order valence-electron chi connectivity index (χ3n) is 3.26. The van der Waals surface area contributed by atoms with Gasteiger partial charge in [0.2, 0.25) is 0 Å². The summed E-state index contributed by atoms with van der Waals surface area (Å²) in [6.07, 6.45) is 0.253. The Kier molecular flexibility index (Phi) is 4.80. The molecule has 0 aliphatic heterocycles. The zero-order chi connectivity index (χ0) is 17.0. The fourth-order valence-electron chi connectivity index (χ4n) is 2.04. The molecule has 0 bridgehead atoms. The van der Waals surface area contributed by atoms with Crippen molar-refractivity contribution in [1.82, 2.24) is 0 Å². The fourth-order valence-corrected chi connectivity index (χ4v) is 3.39. The quantitative estimate of drug-likeness (QED) is 0.837. The molecule has 6 nitrogen and oxygen atoms in total. The molecule has 0 atom stereocenters. The van der Waals surface area contributed by atoms with E-state index in [-0.39, 0.29) is 28.2 Å². The molecule has 7 heteroatoms. The van der Waals surface area contributed by atoms with Crippen LogP contribution in [0, 0.1) is 0 Å². The van der Waals surface area contributed by atoms with Gasteiger partial charge < -0.3 is 10.2 Å². The molecule has 0 saturated carbocycles. The SMILES string of the molecule is O=C(O)c1cc(C(=O)O)cc(S(=O)(=O)CCc2ccccc2)c1. The molecule has 0 aliphatic carbocycles. The second-order valence-corrected chi connectivity index (χ2v) is 7.02. The van der Waals surface area contributed by atoms with Crippen molar-refractivity contribution in [3.8, 4) is 0 Å². The lowest BCUT2D eigenvalue weighted by Gasteiger charge is -2.07. The van der Waals surface area contributed by atoms with Gasteiger partial charge in [0.1, 0.15) is 0 Å². The number of carboxylic acids is 2. The lowest BCUT2D eigenvalue weighted by molar-refractivity contribution is 0.0696. The molecule has 0 aliphatic rings. The van der Waals surface area contributed by atoms with E-state index < -0.39 is 21.8 Å². The number of rotatable bonds is 6. The molecular weight excluding hydrogens is 320 g/mol. The molecule has 0 unspecified atom stereocenters. The van der Waals surface area contributed by atoms with Gasteiger partial charge in [-0.25, -0.2) is 18.0 Å². The van der Waals surface area contributed by atoms with Crippen LogP contribution in [0.4, 0.5) is 0 Å². The maximum atomic E-state index is 12.4. The van der Waals surface area contributed by atoms with Gasteiger partial charge in [-0.15, -0.1) is 0 Å². The van der Waals surface area contributed by atoms with Crippen molar-refractivity contribution < 1.29 is 28.2 Å². The molecule has 0 amide bonds. The van der Waals surface area contributed by atoms with Gasteiger partial charge in [-0.05, 0) is 30.2 Å². The highest BCUT2D eigenvalue weighted by Gasteiger charge is 2.20. The van der Waals surface area contributed by atoms with Crippen LogP contribution in [-0.2, 0) is 16.3 Å². The van der Waals surface area contributed by atoms with E-state index in [0.29, 0.717) is 0 Å². The molecule has 23 heavy (non-hydrogen) atoms. The molecule has 2 aromatic carbocycles. The van der Waals surface area contributed by atoms with Crippen molar-refractivity contribution in [2.45, 2.75) is 11.3 Å². The predicted octanol–water partition coefficient (Wildman–Crippen LogP) is 2.10. The van der Waals surface area contributed by atoms with E-state index in [1.807, 2.05) is 6.07 Å². The van der Waals surface area contributed by atoms with Gasteiger partial charge in [-0.1, -0.05) is 30.3 Å². The van der Waals surface area contributed by atoms with E-state index in [1.54, 1.807) is 24.3 Å². The van der Waals surface area contributed by atoms with E-state index in [1.165, 1.54) is 0 Å². The van der Waals surface area contributed by atoms with Crippen molar-refractivity contribution in [3.05, 3.63) is 65.2 Å². The van der Waals surface area contributed by atoms with Crippen molar-refractivity contribution in [2.24, 2.45) is 0 Å². The van der Waals surface area contributed by atoms with Crippen LogP contribution in [0.5, 0.6) is 0 Å². The first-order valence-corrected chi connectivity index (χ1v) is 8.33. The van der Waals surface area contributed by atoms with Gasteiger partial charge in [0.05, 0.1) is 21.8 Å². The summed E-state index contributed by atoms with van der Waals surface area (Å²) < 4.78 is 24.7. The van der Waals surface area contributed by atoms with Crippen LogP contribution in [0.25, 0.3) is 0 Å². The van der Waals surface area contributed by atoms with Crippen molar-refractivity contribution in [1.29, 1.82) is 0 Å². The maximum Gasteiger partial charge on any atom is 0.335 e. The second kappa shape index (κ2) is 6.62. The summed E-state index contributed by atoms with van der Waals surface area (Å²) in [6, 6.07) is 11.8. The zero-order valence-electron chi connectivity index (χ0n) is 12.0. The van der Waals surface area contributed by atoms with Gasteiger partial charge in [-0.2, -0.15) is 0 Å². The molecule has 2 rings (SSSR count). The highest BCUT2D eigenvalue weighted by Crippen LogP contribution is 2.18. The Labute approximate surface area is 132 Å². The van der Waals surface area contributed by atoms with Gasteiger partial charge in [0.25, 0.3) is 0 Å². The Morgan fingerprint density at radius 2 is 1.39 bits per heavy atom. The number of benzene rings is 2. The Bertz CT molecular complexity index is 808. The van der Waals surface area contributed by atoms with E-state index in [0.717, 1.165) is 23.8 Å². The number of hydrogen-bond acceptors (Lipinski definition) is 4. The largest absolute Gasteiger partial charge is 0.478 e. The monoisotopic (exact) mass is 334 g/mol. The minimum Gasteiger partial charge on any atom is -0.478 e. The summed E-state index contributed by atoms with van der Waals surface area (Å²) >= 11 is 0. The lowest BCUT2D eigenvalue weighted by atomic mass is 10.1. The van der Waals surface area contributed by atoms with Crippen molar-refractivity contribution in [2.75, 3.05) is 5.75 Å². The molecule has 2 N–H and O–H groups in total. The van der Waals surface area contributed by atoms with E-state index in [4.69, 9.17) is 10.2 Å². The Morgan fingerprint density at radius 3 is 1.87 bits per heavy atom.